The van der Waals surface area contributed by atoms with Crippen LogP contribution in [-0.4, -0.2) is 31.5 Å². The Balaban J connectivity index is 1.92. The summed E-state index contributed by atoms with van der Waals surface area (Å²) in [5.41, 5.74) is 4.35. The van der Waals surface area contributed by atoms with Gasteiger partial charge in [0, 0.05) is 16.5 Å². The SMILES string of the molecule is O=C(O)c1ccc2[nH]nc(-c3cn[nH]c3-c3ccccc3)c2c1. The first-order chi connectivity index (χ1) is 11.2. The molecule has 6 heteroatoms. The summed E-state index contributed by atoms with van der Waals surface area (Å²) >= 11 is 0. The molecule has 0 saturated carbocycles. The summed E-state index contributed by atoms with van der Waals surface area (Å²) in [5.74, 6) is -0.963. The topological polar surface area (TPSA) is 94.7 Å². The van der Waals surface area contributed by atoms with Gasteiger partial charge in [-0.05, 0) is 18.2 Å². The molecule has 0 aliphatic heterocycles. The predicted octanol–water partition coefficient (Wildman–Crippen LogP) is 3.32. The summed E-state index contributed by atoms with van der Waals surface area (Å²) in [6.07, 6.45) is 1.70. The highest BCUT2D eigenvalue weighted by molar-refractivity contribution is 6.00. The van der Waals surface area contributed by atoms with E-state index in [-0.39, 0.29) is 5.56 Å². The van der Waals surface area contributed by atoms with Crippen molar-refractivity contribution < 1.29 is 9.90 Å². The molecule has 0 saturated heterocycles. The molecule has 0 aliphatic carbocycles. The van der Waals surface area contributed by atoms with Crippen molar-refractivity contribution in [3.63, 3.8) is 0 Å². The second-order valence-corrected chi connectivity index (χ2v) is 5.16. The quantitative estimate of drug-likeness (QED) is 0.541. The zero-order valence-corrected chi connectivity index (χ0v) is 11.9. The molecule has 0 radical (unpaired) electrons. The molecule has 0 unspecified atom stereocenters. The van der Waals surface area contributed by atoms with E-state index in [2.05, 4.69) is 20.4 Å². The molecule has 0 amide bonds. The summed E-state index contributed by atoms with van der Waals surface area (Å²) in [5, 5.41) is 24.3. The van der Waals surface area contributed by atoms with Crippen LogP contribution in [0.3, 0.4) is 0 Å². The summed E-state index contributed by atoms with van der Waals surface area (Å²) < 4.78 is 0. The zero-order valence-electron chi connectivity index (χ0n) is 11.9. The zero-order chi connectivity index (χ0) is 15.8. The first kappa shape index (κ1) is 13.3. The van der Waals surface area contributed by atoms with Crippen LogP contribution in [-0.2, 0) is 0 Å². The highest BCUT2D eigenvalue weighted by Gasteiger charge is 2.16. The fourth-order valence-electron chi connectivity index (χ4n) is 2.64. The minimum Gasteiger partial charge on any atom is -0.478 e. The van der Waals surface area contributed by atoms with Crippen LogP contribution >= 0.6 is 0 Å². The number of nitrogens with one attached hydrogen (secondary N) is 2. The number of hydrogen-bond acceptors (Lipinski definition) is 3. The number of rotatable bonds is 3. The maximum Gasteiger partial charge on any atom is 0.335 e. The van der Waals surface area contributed by atoms with E-state index >= 15 is 0 Å². The second-order valence-electron chi connectivity index (χ2n) is 5.16. The number of fused-ring (bicyclic) bond motifs is 1. The van der Waals surface area contributed by atoms with Crippen molar-refractivity contribution >= 4 is 16.9 Å². The summed E-state index contributed by atoms with van der Waals surface area (Å²) in [6.45, 7) is 0. The van der Waals surface area contributed by atoms with E-state index in [1.54, 1.807) is 24.4 Å². The van der Waals surface area contributed by atoms with Crippen molar-refractivity contribution in [1.29, 1.82) is 0 Å². The smallest absolute Gasteiger partial charge is 0.335 e. The van der Waals surface area contributed by atoms with E-state index in [1.165, 1.54) is 0 Å². The Morgan fingerprint density at radius 2 is 1.87 bits per heavy atom. The summed E-state index contributed by atoms with van der Waals surface area (Å²) in [6, 6.07) is 14.7. The Bertz CT molecular complexity index is 1000. The van der Waals surface area contributed by atoms with Crippen LogP contribution < -0.4 is 0 Å². The van der Waals surface area contributed by atoms with Crippen molar-refractivity contribution in [1.82, 2.24) is 20.4 Å². The fourth-order valence-corrected chi connectivity index (χ4v) is 2.64. The molecule has 4 aromatic rings. The monoisotopic (exact) mass is 304 g/mol. The third kappa shape index (κ3) is 2.17. The molecule has 2 aromatic heterocycles. The van der Waals surface area contributed by atoms with Gasteiger partial charge in [-0.25, -0.2) is 4.79 Å². The summed E-state index contributed by atoms with van der Waals surface area (Å²) in [7, 11) is 0. The van der Waals surface area contributed by atoms with Gasteiger partial charge < -0.3 is 5.11 Å². The molecule has 0 aliphatic rings. The Hall–Kier alpha value is -3.41. The Labute approximate surface area is 130 Å². The van der Waals surface area contributed by atoms with Crippen LogP contribution in [0.1, 0.15) is 10.4 Å². The van der Waals surface area contributed by atoms with Gasteiger partial charge in [0.15, 0.2) is 0 Å². The number of aromatic carboxylic acids is 1. The average Bonchev–Trinajstić information content (AvgIpc) is 3.21. The van der Waals surface area contributed by atoms with Gasteiger partial charge >= 0.3 is 5.97 Å². The number of aromatic amines is 2. The fraction of sp³-hybridized carbons (Fsp3) is 0. The molecule has 0 fully saturated rings. The third-order valence-electron chi connectivity index (χ3n) is 3.77. The van der Waals surface area contributed by atoms with Gasteiger partial charge in [0.2, 0.25) is 0 Å². The molecule has 0 atom stereocenters. The molecule has 23 heavy (non-hydrogen) atoms. The number of benzene rings is 2. The Kier molecular flexibility index (Phi) is 2.94. The molecule has 3 N–H and O–H groups in total. The Morgan fingerprint density at radius 3 is 2.65 bits per heavy atom. The lowest BCUT2D eigenvalue weighted by Gasteiger charge is -2.02. The van der Waals surface area contributed by atoms with Gasteiger partial charge in [0.25, 0.3) is 0 Å². The second kappa shape index (κ2) is 5.10. The number of H-pyrrole nitrogens is 2. The number of aromatic nitrogens is 4. The van der Waals surface area contributed by atoms with Gasteiger partial charge in [-0.3, -0.25) is 10.2 Å². The van der Waals surface area contributed by atoms with Gasteiger partial charge in [-0.2, -0.15) is 10.2 Å². The van der Waals surface area contributed by atoms with Gasteiger partial charge in [-0.1, -0.05) is 30.3 Å². The lowest BCUT2D eigenvalue weighted by atomic mass is 10.0. The molecule has 112 valence electrons. The first-order valence-corrected chi connectivity index (χ1v) is 7.04. The van der Waals surface area contributed by atoms with E-state index in [0.717, 1.165) is 27.7 Å². The highest BCUT2D eigenvalue weighted by atomic mass is 16.4. The lowest BCUT2D eigenvalue weighted by Crippen LogP contribution is -1.95. The first-order valence-electron chi connectivity index (χ1n) is 7.04. The van der Waals surface area contributed by atoms with E-state index < -0.39 is 5.97 Å². The van der Waals surface area contributed by atoms with Crippen LogP contribution in [0, 0.1) is 0 Å². The normalized spacial score (nSPS) is 11.0. The molecular formula is C17H12N4O2. The predicted molar refractivity (Wildman–Crippen MR) is 86.1 cm³/mol. The molecule has 4 rings (SSSR count). The van der Waals surface area contributed by atoms with E-state index in [0.29, 0.717) is 5.69 Å². The Morgan fingerprint density at radius 1 is 1.04 bits per heavy atom. The number of nitrogens with zero attached hydrogens (tertiary/aromatic N) is 2. The van der Waals surface area contributed by atoms with Crippen LogP contribution in [0.25, 0.3) is 33.4 Å². The minimum absolute atomic E-state index is 0.227. The van der Waals surface area contributed by atoms with Crippen molar-refractivity contribution in [2.45, 2.75) is 0 Å². The van der Waals surface area contributed by atoms with Crippen molar-refractivity contribution in [3.8, 4) is 22.5 Å². The number of hydrogen-bond donors (Lipinski definition) is 3. The van der Waals surface area contributed by atoms with Crippen molar-refractivity contribution in [3.05, 3.63) is 60.3 Å². The molecular weight excluding hydrogens is 292 g/mol. The minimum atomic E-state index is -0.963. The van der Waals surface area contributed by atoms with Crippen LogP contribution in [0.5, 0.6) is 0 Å². The maximum atomic E-state index is 11.2. The van der Waals surface area contributed by atoms with E-state index in [1.807, 2.05) is 30.3 Å². The maximum absolute atomic E-state index is 11.2. The van der Waals surface area contributed by atoms with Crippen molar-refractivity contribution in [2.75, 3.05) is 0 Å². The number of carboxylic acid groups (broad SMARTS) is 1. The highest BCUT2D eigenvalue weighted by Crippen LogP contribution is 2.33. The largest absolute Gasteiger partial charge is 0.478 e. The average molecular weight is 304 g/mol. The number of carboxylic acids is 1. The van der Waals surface area contributed by atoms with Crippen LogP contribution in [0.4, 0.5) is 0 Å². The van der Waals surface area contributed by atoms with Crippen molar-refractivity contribution in [2.24, 2.45) is 0 Å². The lowest BCUT2D eigenvalue weighted by molar-refractivity contribution is 0.0697. The van der Waals surface area contributed by atoms with E-state index in [9.17, 15) is 9.90 Å². The van der Waals surface area contributed by atoms with Gasteiger partial charge in [-0.15, -0.1) is 0 Å². The molecule has 0 spiro atoms. The van der Waals surface area contributed by atoms with Crippen LogP contribution in [0.2, 0.25) is 0 Å². The van der Waals surface area contributed by atoms with Crippen LogP contribution in [0.15, 0.2) is 54.7 Å². The third-order valence-corrected chi connectivity index (χ3v) is 3.77. The van der Waals surface area contributed by atoms with Gasteiger partial charge in [0.1, 0.15) is 5.69 Å². The molecule has 6 nitrogen and oxygen atoms in total. The molecule has 2 heterocycles. The summed E-state index contributed by atoms with van der Waals surface area (Å²) in [4.78, 5) is 11.2. The van der Waals surface area contributed by atoms with E-state index in [4.69, 9.17) is 0 Å². The standard InChI is InChI=1S/C17H12N4O2/c22-17(23)11-6-7-14-12(8-11)16(21-19-14)13-9-18-20-15(13)10-4-2-1-3-5-10/h1-9H,(H,18,20)(H,19,21)(H,22,23). The number of carbonyl (C=O) groups is 1. The molecule has 2 aromatic carbocycles. The van der Waals surface area contributed by atoms with Gasteiger partial charge in [0.05, 0.1) is 23.0 Å². The molecule has 0 bridgehead atoms.